The lowest BCUT2D eigenvalue weighted by molar-refractivity contribution is -0.00677. The smallest absolute Gasteiger partial charge is 0.0357 e. The number of fused-ring (bicyclic) bond motifs is 1. The minimum absolute atomic E-state index is 0.364. The van der Waals surface area contributed by atoms with Gasteiger partial charge in [-0.25, -0.2) is 0 Å². The van der Waals surface area contributed by atoms with Crippen LogP contribution in [0.15, 0.2) is 0 Å². The van der Waals surface area contributed by atoms with Crippen molar-refractivity contribution < 1.29 is 0 Å². The van der Waals surface area contributed by atoms with Crippen LogP contribution in [0.4, 0.5) is 0 Å². The Morgan fingerprint density at radius 2 is 1.78 bits per heavy atom. The highest BCUT2D eigenvalue weighted by atomic mass is 15.2. The molecule has 2 nitrogen and oxygen atoms in total. The van der Waals surface area contributed by atoms with Crippen molar-refractivity contribution in [2.45, 2.75) is 63.8 Å². The van der Waals surface area contributed by atoms with Crippen LogP contribution in [0.25, 0.3) is 0 Å². The Labute approximate surface area is 112 Å². The van der Waals surface area contributed by atoms with Gasteiger partial charge in [-0.05, 0) is 56.4 Å². The summed E-state index contributed by atoms with van der Waals surface area (Å²) >= 11 is 0. The third-order valence-electron chi connectivity index (χ3n) is 6.22. The van der Waals surface area contributed by atoms with E-state index in [0.29, 0.717) is 5.54 Å². The summed E-state index contributed by atoms with van der Waals surface area (Å²) in [5.74, 6) is 2.94. The summed E-state index contributed by atoms with van der Waals surface area (Å²) in [7, 11) is 0. The van der Waals surface area contributed by atoms with Crippen LogP contribution in [-0.4, -0.2) is 30.1 Å². The Kier molecular flexibility index (Phi) is 3.68. The Bertz CT molecular complexity index is 281. The Morgan fingerprint density at radius 1 is 1.06 bits per heavy atom. The molecule has 2 aliphatic carbocycles. The molecule has 104 valence electrons. The van der Waals surface area contributed by atoms with E-state index in [1.54, 1.807) is 0 Å². The maximum absolute atomic E-state index is 6.22. The Morgan fingerprint density at radius 3 is 2.39 bits per heavy atom. The summed E-state index contributed by atoms with van der Waals surface area (Å²) < 4.78 is 0. The zero-order valence-electron chi connectivity index (χ0n) is 12.0. The van der Waals surface area contributed by atoms with Crippen molar-refractivity contribution in [1.82, 2.24) is 4.90 Å². The summed E-state index contributed by atoms with van der Waals surface area (Å²) in [5.41, 5.74) is 6.58. The van der Waals surface area contributed by atoms with Gasteiger partial charge in [0.1, 0.15) is 0 Å². The third kappa shape index (κ3) is 2.12. The molecule has 0 bridgehead atoms. The van der Waals surface area contributed by atoms with E-state index in [0.717, 1.165) is 24.3 Å². The molecule has 0 aromatic rings. The van der Waals surface area contributed by atoms with Crippen molar-refractivity contribution in [3.05, 3.63) is 0 Å². The largest absolute Gasteiger partial charge is 0.329 e. The lowest BCUT2D eigenvalue weighted by atomic mass is 9.73. The number of rotatable bonds is 4. The van der Waals surface area contributed by atoms with Crippen molar-refractivity contribution in [3.63, 3.8) is 0 Å². The molecule has 1 aliphatic heterocycles. The first-order chi connectivity index (χ1) is 8.80. The molecule has 2 saturated carbocycles. The van der Waals surface area contributed by atoms with Gasteiger partial charge >= 0.3 is 0 Å². The van der Waals surface area contributed by atoms with Crippen LogP contribution in [0.1, 0.15) is 58.3 Å². The molecule has 2 heteroatoms. The number of hydrogen-bond donors (Lipinski definition) is 1. The molecule has 3 fully saturated rings. The molecular weight excluding hydrogens is 220 g/mol. The van der Waals surface area contributed by atoms with Crippen LogP contribution in [-0.2, 0) is 0 Å². The second-order valence-corrected chi connectivity index (χ2v) is 6.97. The maximum Gasteiger partial charge on any atom is 0.0357 e. The first-order valence-electron chi connectivity index (χ1n) is 8.25. The van der Waals surface area contributed by atoms with Crippen LogP contribution in [0, 0.1) is 17.8 Å². The Balaban J connectivity index is 1.71. The number of nitrogens with zero attached hydrogens (tertiary/aromatic N) is 1. The monoisotopic (exact) mass is 250 g/mol. The van der Waals surface area contributed by atoms with Crippen LogP contribution in [0.3, 0.4) is 0 Å². The average Bonchev–Trinajstić information content (AvgIpc) is 3.26. The van der Waals surface area contributed by atoms with Crippen molar-refractivity contribution in [3.8, 4) is 0 Å². The molecule has 0 aromatic carbocycles. The lowest BCUT2D eigenvalue weighted by Gasteiger charge is -2.50. The zero-order chi connectivity index (χ0) is 12.6. The summed E-state index contributed by atoms with van der Waals surface area (Å²) in [6.07, 6.45) is 11.5. The fourth-order valence-corrected chi connectivity index (χ4v) is 4.84. The third-order valence-corrected chi connectivity index (χ3v) is 6.22. The van der Waals surface area contributed by atoms with E-state index in [-0.39, 0.29) is 0 Å². The summed E-state index contributed by atoms with van der Waals surface area (Å²) in [4.78, 5) is 2.82. The van der Waals surface area contributed by atoms with Crippen molar-refractivity contribution in [2.75, 3.05) is 19.6 Å². The van der Waals surface area contributed by atoms with E-state index in [2.05, 4.69) is 11.8 Å². The second-order valence-electron chi connectivity index (χ2n) is 6.97. The van der Waals surface area contributed by atoms with Gasteiger partial charge in [-0.1, -0.05) is 26.2 Å². The maximum atomic E-state index is 6.22. The quantitative estimate of drug-likeness (QED) is 0.831. The van der Waals surface area contributed by atoms with Gasteiger partial charge in [0.05, 0.1) is 0 Å². The molecule has 3 rings (SSSR count). The molecule has 0 aromatic heterocycles. The predicted molar refractivity (Wildman–Crippen MR) is 76.4 cm³/mol. The van der Waals surface area contributed by atoms with Crippen molar-refractivity contribution in [2.24, 2.45) is 23.5 Å². The molecule has 1 heterocycles. The SMILES string of the molecule is CCC(CN)(C1CC1)N1CCC2CCCCC2C1. The number of nitrogens with two attached hydrogens (primary N) is 1. The van der Waals surface area contributed by atoms with Crippen LogP contribution in [0.2, 0.25) is 0 Å². The minimum Gasteiger partial charge on any atom is -0.329 e. The molecular formula is C16H30N2. The van der Waals surface area contributed by atoms with Crippen LogP contribution < -0.4 is 5.73 Å². The first kappa shape index (κ1) is 12.9. The summed E-state index contributed by atoms with van der Waals surface area (Å²) in [5, 5.41) is 0. The highest BCUT2D eigenvalue weighted by Gasteiger charge is 2.48. The van der Waals surface area contributed by atoms with Crippen molar-refractivity contribution in [1.29, 1.82) is 0 Å². The van der Waals surface area contributed by atoms with Gasteiger partial charge in [-0.15, -0.1) is 0 Å². The van der Waals surface area contributed by atoms with Gasteiger partial charge in [-0.2, -0.15) is 0 Å². The zero-order valence-corrected chi connectivity index (χ0v) is 12.0. The standard InChI is InChI=1S/C16H30N2/c1-2-16(12-17,15-7-8-15)18-10-9-13-5-3-4-6-14(13)11-18/h13-15H,2-12,17H2,1H3. The van der Waals surface area contributed by atoms with Gasteiger partial charge < -0.3 is 5.73 Å². The topological polar surface area (TPSA) is 29.3 Å². The van der Waals surface area contributed by atoms with Gasteiger partial charge in [0.25, 0.3) is 0 Å². The molecule has 0 spiro atoms. The molecule has 3 atom stereocenters. The number of hydrogen-bond acceptors (Lipinski definition) is 2. The van der Waals surface area contributed by atoms with Crippen molar-refractivity contribution >= 4 is 0 Å². The highest BCUT2D eigenvalue weighted by molar-refractivity contribution is 5.04. The van der Waals surface area contributed by atoms with E-state index in [9.17, 15) is 0 Å². The first-order valence-corrected chi connectivity index (χ1v) is 8.25. The van der Waals surface area contributed by atoms with E-state index >= 15 is 0 Å². The average molecular weight is 250 g/mol. The van der Waals surface area contributed by atoms with Crippen LogP contribution in [0.5, 0.6) is 0 Å². The van der Waals surface area contributed by atoms with Gasteiger partial charge in [-0.3, -0.25) is 4.90 Å². The van der Waals surface area contributed by atoms with Crippen LogP contribution >= 0.6 is 0 Å². The summed E-state index contributed by atoms with van der Waals surface area (Å²) in [6.45, 7) is 5.92. The molecule has 0 amide bonds. The van der Waals surface area contributed by atoms with E-state index < -0.39 is 0 Å². The molecule has 18 heavy (non-hydrogen) atoms. The fourth-order valence-electron chi connectivity index (χ4n) is 4.84. The Hall–Kier alpha value is -0.0800. The molecule has 1 saturated heterocycles. The number of likely N-dealkylation sites (tertiary alicyclic amines) is 1. The minimum atomic E-state index is 0.364. The van der Waals surface area contributed by atoms with Gasteiger partial charge in [0.2, 0.25) is 0 Å². The fraction of sp³-hybridized carbons (Fsp3) is 1.00. The van der Waals surface area contributed by atoms with E-state index in [4.69, 9.17) is 5.73 Å². The lowest BCUT2D eigenvalue weighted by Crippen LogP contribution is -2.59. The number of piperidine rings is 1. The molecule has 3 aliphatic rings. The summed E-state index contributed by atoms with van der Waals surface area (Å²) in [6, 6.07) is 0. The molecule has 3 unspecified atom stereocenters. The highest BCUT2D eigenvalue weighted by Crippen LogP contribution is 2.47. The second kappa shape index (κ2) is 5.13. The van der Waals surface area contributed by atoms with E-state index in [1.807, 2.05) is 0 Å². The van der Waals surface area contributed by atoms with Gasteiger partial charge in [0.15, 0.2) is 0 Å². The predicted octanol–water partition coefficient (Wildman–Crippen LogP) is 3.02. The molecule has 2 N–H and O–H groups in total. The molecule has 0 radical (unpaired) electrons. The van der Waals surface area contributed by atoms with E-state index in [1.165, 1.54) is 64.5 Å². The normalized spacial score (nSPS) is 37.0. The van der Waals surface area contributed by atoms with Gasteiger partial charge in [0, 0.05) is 18.6 Å².